The molecule has 0 aliphatic carbocycles. The highest BCUT2D eigenvalue weighted by Crippen LogP contribution is 2.28. The Hall–Kier alpha value is -2.55. The molecule has 3 rings (SSSR count). The second-order valence-electron chi connectivity index (χ2n) is 5.64. The van der Waals surface area contributed by atoms with Crippen molar-refractivity contribution in [1.82, 2.24) is 4.98 Å². The van der Waals surface area contributed by atoms with E-state index in [0.717, 1.165) is 29.3 Å². The number of hydrogen-bond acceptors (Lipinski definition) is 1. The van der Waals surface area contributed by atoms with Crippen molar-refractivity contribution in [2.24, 2.45) is 0 Å². The van der Waals surface area contributed by atoms with E-state index in [2.05, 4.69) is 23.2 Å². The molecule has 0 saturated heterocycles. The Morgan fingerprint density at radius 1 is 1.09 bits per heavy atom. The molecule has 2 aromatic carbocycles. The Bertz CT molecular complexity index is 761. The molecule has 1 heterocycles. The van der Waals surface area contributed by atoms with Gasteiger partial charge in [-0.15, -0.1) is 0 Å². The van der Waals surface area contributed by atoms with Crippen LogP contribution in [0.15, 0.2) is 60.8 Å². The fourth-order valence-electron chi connectivity index (χ4n) is 2.91. The first-order valence-corrected chi connectivity index (χ1v) is 7.55. The highest BCUT2D eigenvalue weighted by atomic mass is 16.4. The molecule has 22 heavy (non-hydrogen) atoms. The van der Waals surface area contributed by atoms with Gasteiger partial charge in [-0.05, 0) is 53.5 Å². The lowest BCUT2D eigenvalue weighted by Gasteiger charge is -2.15. The van der Waals surface area contributed by atoms with Crippen LogP contribution in [0, 0.1) is 0 Å². The summed E-state index contributed by atoms with van der Waals surface area (Å²) in [4.78, 5) is 14.4. The Labute approximate surface area is 129 Å². The number of fused-ring (bicyclic) bond motifs is 1. The van der Waals surface area contributed by atoms with Crippen molar-refractivity contribution in [1.29, 1.82) is 0 Å². The number of carboxylic acid groups (broad SMARTS) is 1. The molecule has 0 aliphatic rings. The van der Waals surface area contributed by atoms with E-state index in [-0.39, 0.29) is 12.3 Å². The average Bonchev–Trinajstić information content (AvgIpc) is 2.99. The number of aromatic nitrogens is 1. The van der Waals surface area contributed by atoms with Crippen LogP contribution in [0.25, 0.3) is 10.9 Å². The predicted octanol–water partition coefficient (Wildman–Crippen LogP) is 4.36. The van der Waals surface area contributed by atoms with Crippen LogP contribution >= 0.6 is 0 Å². The van der Waals surface area contributed by atoms with E-state index in [4.69, 9.17) is 0 Å². The number of aromatic amines is 1. The highest BCUT2D eigenvalue weighted by Gasteiger charge is 2.16. The molecule has 3 nitrogen and oxygen atoms in total. The van der Waals surface area contributed by atoms with Gasteiger partial charge in [0.05, 0.1) is 6.42 Å². The molecule has 1 aromatic heterocycles. The van der Waals surface area contributed by atoms with Gasteiger partial charge in [0.1, 0.15) is 0 Å². The van der Waals surface area contributed by atoms with Gasteiger partial charge in [-0.1, -0.05) is 36.4 Å². The molecule has 0 radical (unpaired) electrons. The van der Waals surface area contributed by atoms with Crippen LogP contribution in [-0.4, -0.2) is 16.1 Å². The smallest absolute Gasteiger partial charge is 0.303 e. The maximum atomic E-state index is 11.2. The van der Waals surface area contributed by atoms with Gasteiger partial charge < -0.3 is 10.1 Å². The van der Waals surface area contributed by atoms with Crippen LogP contribution in [0.4, 0.5) is 0 Å². The summed E-state index contributed by atoms with van der Waals surface area (Å²) in [7, 11) is 0. The molecule has 0 saturated carbocycles. The number of benzene rings is 2. The van der Waals surface area contributed by atoms with Crippen LogP contribution < -0.4 is 0 Å². The Morgan fingerprint density at radius 3 is 2.68 bits per heavy atom. The maximum absolute atomic E-state index is 11.2. The Morgan fingerprint density at radius 2 is 1.91 bits per heavy atom. The van der Waals surface area contributed by atoms with Crippen LogP contribution in [0.1, 0.15) is 29.9 Å². The summed E-state index contributed by atoms with van der Waals surface area (Å²) < 4.78 is 0. The quantitative estimate of drug-likeness (QED) is 0.709. The minimum atomic E-state index is -0.743. The summed E-state index contributed by atoms with van der Waals surface area (Å²) >= 11 is 0. The van der Waals surface area contributed by atoms with Crippen molar-refractivity contribution in [3.63, 3.8) is 0 Å². The van der Waals surface area contributed by atoms with E-state index in [1.54, 1.807) is 0 Å². The second kappa shape index (κ2) is 6.48. The summed E-state index contributed by atoms with van der Waals surface area (Å²) in [6.45, 7) is 0. The van der Waals surface area contributed by atoms with Gasteiger partial charge in [0.2, 0.25) is 0 Å². The van der Waals surface area contributed by atoms with E-state index >= 15 is 0 Å². The fourth-order valence-corrected chi connectivity index (χ4v) is 2.91. The summed E-state index contributed by atoms with van der Waals surface area (Å²) in [5.74, 6) is -0.704. The van der Waals surface area contributed by atoms with Crippen LogP contribution in [-0.2, 0) is 11.2 Å². The Kier molecular flexibility index (Phi) is 4.24. The number of rotatable bonds is 6. The van der Waals surface area contributed by atoms with Crippen LogP contribution in [0.2, 0.25) is 0 Å². The number of aliphatic carboxylic acids is 1. The zero-order valence-electron chi connectivity index (χ0n) is 12.3. The van der Waals surface area contributed by atoms with E-state index in [1.165, 1.54) is 5.56 Å². The summed E-state index contributed by atoms with van der Waals surface area (Å²) in [5, 5.41) is 10.3. The van der Waals surface area contributed by atoms with Crippen molar-refractivity contribution in [3.8, 4) is 0 Å². The molecule has 0 fully saturated rings. The molecule has 1 unspecified atom stereocenters. The number of hydrogen-bond donors (Lipinski definition) is 2. The lowest BCUT2D eigenvalue weighted by Crippen LogP contribution is -2.07. The lowest BCUT2D eigenvalue weighted by molar-refractivity contribution is -0.137. The lowest BCUT2D eigenvalue weighted by atomic mass is 9.89. The minimum Gasteiger partial charge on any atom is -0.481 e. The number of H-pyrrole nitrogens is 1. The molecule has 3 heteroatoms. The SMILES string of the molecule is O=C(O)CC(CCc1ccccc1)c1ccc2[nH]ccc2c1. The first-order chi connectivity index (χ1) is 10.7. The van der Waals surface area contributed by atoms with Crippen molar-refractivity contribution >= 4 is 16.9 Å². The van der Waals surface area contributed by atoms with Gasteiger partial charge in [0, 0.05) is 11.7 Å². The molecule has 1 atom stereocenters. The van der Waals surface area contributed by atoms with Gasteiger partial charge in [-0.3, -0.25) is 4.79 Å². The van der Waals surface area contributed by atoms with E-state index in [9.17, 15) is 9.90 Å². The molecule has 0 amide bonds. The second-order valence-corrected chi connectivity index (χ2v) is 5.64. The van der Waals surface area contributed by atoms with Gasteiger partial charge in [0.15, 0.2) is 0 Å². The predicted molar refractivity (Wildman–Crippen MR) is 88.1 cm³/mol. The number of nitrogens with one attached hydrogen (secondary N) is 1. The average molecular weight is 293 g/mol. The van der Waals surface area contributed by atoms with Crippen molar-refractivity contribution in [2.45, 2.75) is 25.2 Å². The topological polar surface area (TPSA) is 53.1 Å². The van der Waals surface area contributed by atoms with Crippen LogP contribution in [0.3, 0.4) is 0 Å². The third-order valence-electron chi connectivity index (χ3n) is 4.09. The van der Waals surface area contributed by atoms with E-state index in [0.29, 0.717) is 0 Å². The molecule has 0 aliphatic heterocycles. The fraction of sp³-hybridized carbons (Fsp3) is 0.211. The normalized spacial score (nSPS) is 12.4. The zero-order chi connectivity index (χ0) is 15.4. The van der Waals surface area contributed by atoms with Gasteiger partial charge >= 0.3 is 5.97 Å². The highest BCUT2D eigenvalue weighted by molar-refractivity contribution is 5.80. The van der Waals surface area contributed by atoms with Gasteiger partial charge in [-0.2, -0.15) is 0 Å². The standard InChI is InChI=1S/C19H19NO2/c21-19(22)13-16(7-6-14-4-2-1-3-5-14)15-8-9-18-17(12-15)10-11-20-18/h1-5,8-12,16,20H,6-7,13H2,(H,21,22). The molecule has 3 aromatic rings. The molecular weight excluding hydrogens is 274 g/mol. The monoisotopic (exact) mass is 293 g/mol. The summed E-state index contributed by atoms with van der Waals surface area (Å²) in [6.07, 6.45) is 3.81. The molecule has 0 spiro atoms. The molecule has 2 N–H and O–H groups in total. The first kappa shape index (κ1) is 14.4. The van der Waals surface area contributed by atoms with E-state index < -0.39 is 5.97 Å². The van der Waals surface area contributed by atoms with Crippen LogP contribution in [0.5, 0.6) is 0 Å². The van der Waals surface area contributed by atoms with E-state index in [1.807, 2.05) is 42.6 Å². The van der Waals surface area contributed by atoms with Gasteiger partial charge in [-0.25, -0.2) is 0 Å². The van der Waals surface area contributed by atoms with Crippen molar-refractivity contribution in [3.05, 3.63) is 71.9 Å². The molecule has 0 bridgehead atoms. The maximum Gasteiger partial charge on any atom is 0.303 e. The summed E-state index contributed by atoms with van der Waals surface area (Å²) in [6, 6.07) is 18.4. The first-order valence-electron chi connectivity index (χ1n) is 7.55. The number of aryl methyl sites for hydroxylation is 1. The number of carboxylic acids is 1. The largest absolute Gasteiger partial charge is 0.481 e. The van der Waals surface area contributed by atoms with Gasteiger partial charge in [0.25, 0.3) is 0 Å². The third-order valence-corrected chi connectivity index (χ3v) is 4.09. The van der Waals surface area contributed by atoms with Crippen molar-refractivity contribution < 1.29 is 9.90 Å². The summed E-state index contributed by atoms with van der Waals surface area (Å²) in [5.41, 5.74) is 3.44. The molecular formula is C19H19NO2. The molecule has 112 valence electrons. The van der Waals surface area contributed by atoms with Crippen molar-refractivity contribution in [2.75, 3.05) is 0 Å². The third kappa shape index (κ3) is 3.37. The minimum absolute atomic E-state index is 0.0389. The number of carbonyl (C=O) groups is 1. The zero-order valence-corrected chi connectivity index (χ0v) is 12.3. The Balaban J connectivity index is 1.80.